The average molecular weight is 477 g/mol. The Morgan fingerprint density at radius 2 is 1.66 bits per heavy atom. The van der Waals surface area contributed by atoms with Crippen molar-refractivity contribution < 1.29 is 17.9 Å². The molecule has 0 N–H and O–H groups in total. The van der Waals surface area contributed by atoms with E-state index in [0.29, 0.717) is 41.0 Å². The normalized spacial score (nSPS) is 18.1. The topological polar surface area (TPSA) is 9.23 Å². The molecule has 3 aromatic carbocycles. The Morgan fingerprint density at radius 1 is 0.914 bits per heavy atom. The van der Waals surface area contributed by atoms with Gasteiger partial charge in [-0.1, -0.05) is 60.2 Å². The maximum Gasteiger partial charge on any atom is 0.166 e. The third-order valence-corrected chi connectivity index (χ3v) is 6.80. The standard InChI is InChI=1S/C31H31F3O/c1-3-4-19-35-26-16-15-25(29(32)20-26)14-9-22-7-12-24(13-8-22)28-18-17-27(30(33)31(28)34)23-10-5-21(2)6-11-23/h3,5-6,9-11,14-18,20,22,24H,1,4,7-8,12-13,19H2,2H3/b14-9+. The van der Waals surface area contributed by atoms with Crippen LogP contribution in [0.3, 0.4) is 0 Å². The van der Waals surface area contributed by atoms with Gasteiger partial charge in [0, 0.05) is 17.2 Å². The lowest BCUT2D eigenvalue weighted by molar-refractivity contribution is 0.323. The molecule has 0 bridgehead atoms. The van der Waals surface area contributed by atoms with Crippen LogP contribution in [0.5, 0.6) is 5.75 Å². The van der Waals surface area contributed by atoms with E-state index in [9.17, 15) is 8.78 Å². The molecule has 0 amide bonds. The maximum absolute atomic E-state index is 15.0. The van der Waals surface area contributed by atoms with E-state index in [-0.39, 0.29) is 17.7 Å². The van der Waals surface area contributed by atoms with Crippen LogP contribution in [-0.4, -0.2) is 6.61 Å². The van der Waals surface area contributed by atoms with Gasteiger partial charge in [-0.15, -0.1) is 6.58 Å². The molecule has 1 aliphatic carbocycles. The minimum absolute atomic E-state index is 0.00930. The van der Waals surface area contributed by atoms with Gasteiger partial charge >= 0.3 is 0 Å². The summed E-state index contributed by atoms with van der Waals surface area (Å²) >= 11 is 0. The van der Waals surface area contributed by atoms with E-state index in [1.54, 1.807) is 30.3 Å². The summed E-state index contributed by atoms with van der Waals surface area (Å²) in [5.74, 6) is -1.05. The zero-order chi connectivity index (χ0) is 24.8. The molecule has 0 unspecified atom stereocenters. The highest BCUT2D eigenvalue weighted by Gasteiger charge is 2.25. The Balaban J connectivity index is 1.37. The fraction of sp³-hybridized carbons (Fsp3) is 0.290. The van der Waals surface area contributed by atoms with Crippen LogP contribution in [0.1, 0.15) is 54.7 Å². The van der Waals surface area contributed by atoms with E-state index in [2.05, 4.69) is 6.58 Å². The van der Waals surface area contributed by atoms with Crippen LogP contribution in [0.4, 0.5) is 13.2 Å². The van der Waals surface area contributed by atoms with Gasteiger partial charge in [0.1, 0.15) is 11.6 Å². The molecule has 0 radical (unpaired) electrons. The van der Waals surface area contributed by atoms with Crippen LogP contribution < -0.4 is 4.74 Å². The molecular formula is C31H31F3O. The van der Waals surface area contributed by atoms with Gasteiger partial charge in [0.25, 0.3) is 0 Å². The molecule has 182 valence electrons. The van der Waals surface area contributed by atoms with Crippen molar-refractivity contribution in [3.05, 3.63) is 107 Å². The molecule has 4 heteroatoms. The van der Waals surface area contributed by atoms with Crippen LogP contribution in [0, 0.1) is 30.3 Å². The number of aryl methyl sites for hydroxylation is 1. The minimum atomic E-state index is -0.777. The first-order chi connectivity index (χ1) is 17.0. The first-order valence-electron chi connectivity index (χ1n) is 12.2. The van der Waals surface area contributed by atoms with Gasteiger partial charge in [-0.3, -0.25) is 0 Å². The number of allylic oxidation sites excluding steroid dienone is 1. The summed E-state index contributed by atoms with van der Waals surface area (Å²) in [5, 5.41) is 0. The van der Waals surface area contributed by atoms with Crippen molar-refractivity contribution in [2.75, 3.05) is 6.61 Å². The molecule has 1 nitrogen and oxygen atoms in total. The Morgan fingerprint density at radius 3 is 2.34 bits per heavy atom. The summed E-state index contributed by atoms with van der Waals surface area (Å²) in [6.45, 7) is 6.08. The van der Waals surface area contributed by atoms with Crippen LogP contribution >= 0.6 is 0 Å². The first kappa shape index (κ1) is 24.8. The Kier molecular flexibility index (Phi) is 8.12. The lowest BCUT2D eigenvalue weighted by atomic mass is 9.78. The van der Waals surface area contributed by atoms with E-state index in [1.807, 2.05) is 43.3 Å². The number of hydrogen-bond donors (Lipinski definition) is 0. The predicted octanol–water partition coefficient (Wildman–Crippen LogP) is 9.02. The summed E-state index contributed by atoms with van der Waals surface area (Å²) in [4.78, 5) is 0. The smallest absolute Gasteiger partial charge is 0.166 e. The largest absolute Gasteiger partial charge is 0.493 e. The van der Waals surface area contributed by atoms with E-state index in [1.165, 1.54) is 6.07 Å². The van der Waals surface area contributed by atoms with Crippen molar-refractivity contribution in [2.24, 2.45) is 5.92 Å². The molecule has 0 atom stereocenters. The van der Waals surface area contributed by atoms with Crippen LogP contribution in [0.15, 0.2) is 73.3 Å². The highest BCUT2D eigenvalue weighted by Crippen LogP contribution is 2.39. The summed E-state index contributed by atoms with van der Waals surface area (Å²) < 4.78 is 49.8. The van der Waals surface area contributed by atoms with Crippen molar-refractivity contribution in [1.29, 1.82) is 0 Å². The maximum atomic E-state index is 15.0. The minimum Gasteiger partial charge on any atom is -0.493 e. The third kappa shape index (κ3) is 6.05. The monoisotopic (exact) mass is 476 g/mol. The molecule has 4 rings (SSSR count). The van der Waals surface area contributed by atoms with E-state index in [4.69, 9.17) is 4.74 Å². The van der Waals surface area contributed by atoms with E-state index in [0.717, 1.165) is 31.2 Å². The molecule has 0 heterocycles. The SMILES string of the molecule is C=CCCOc1ccc(/C=C/C2CCC(c3ccc(-c4ccc(C)cc4)c(F)c3F)CC2)c(F)c1. The van der Waals surface area contributed by atoms with Gasteiger partial charge in [-0.25, -0.2) is 13.2 Å². The van der Waals surface area contributed by atoms with Gasteiger partial charge in [0.05, 0.1) is 6.61 Å². The van der Waals surface area contributed by atoms with Crippen molar-refractivity contribution in [1.82, 2.24) is 0 Å². The van der Waals surface area contributed by atoms with Crippen LogP contribution in [0.2, 0.25) is 0 Å². The van der Waals surface area contributed by atoms with Gasteiger partial charge < -0.3 is 4.74 Å². The van der Waals surface area contributed by atoms with Crippen LogP contribution in [0.25, 0.3) is 17.2 Å². The molecule has 3 aromatic rings. The van der Waals surface area contributed by atoms with Gasteiger partial charge in [-0.05, 0) is 74.1 Å². The lowest BCUT2D eigenvalue weighted by Crippen LogP contribution is -2.13. The number of hydrogen-bond acceptors (Lipinski definition) is 1. The average Bonchev–Trinajstić information content (AvgIpc) is 2.86. The number of benzene rings is 3. The number of ether oxygens (including phenoxy) is 1. The predicted molar refractivity (Wildman–Crippen MR) is 137 cm³/mol. The molecule has 0 aliphatic heterocycles. The summed E-state index contributed by atoms with van der Waals surface area (Å²) in [6, 6.07) is 15.7. The summed E-state index contributed by atoms with van der Waals surface area (Å²) in [7, 11) is 0. The molecule has 0 saturated heterocycles. The lowest BCUT2D eigenvalue weighted by Gasteiger charge is -2.27. The molecule has 0 spiro atoms. The van der Waals surface area contributed by atoms with Crippen molar-refractivity contribution in [3.8, 4) is 16.9 Å². The van der Waals surface area contributed by atoms with Crippen molar-refractivity contribution >= 4 is 6.08 Å². The number of rotatable bonds is 8. The quantitative estimate of drug-likeness (QED) is 0.233. The zero-order valence-corrected chi connectivity index (χ0v) is 20.1. The molecule has 1 aliphatic rings. The van der Waals surface area contributed by atoms with Crippen molar-refractivity contribution in [2.45, 2.75) is 44.9 Å². The second-order valence-corrected chi connectivity index (χ2v) is 9.28. The Bertz CT molecular complexity index is 1190. The van der Waals surface area contributed by atoms with E-state index < -0.39 is 11.6 Å². The van der Waals surface area contributed by atoms with Crippen LogP contribution in [-0.2, 0) is 0 Å². The fourth-order valence-electron chi connectivity index (χ4n) is 4.69. The number of halogens is 3. The first-order valence-corrected chi connectivity index (χ1v) is 12.2. The van der Waals surface area contributed by atoms with Crippen molar-refractivity contribution in [3.63, 3.8) is 0 Å². The molecule has 1 saturated carbocycles. The highest BCUT2D eigenvalue weighted by molar-refractivity contribution is 5.65. The fourth-order valence-corrected chi connectivity index (χ4v) is 4.69. The van der Waals surface area contributed by atoms with E-state index >= 15 is 4.39 Å². The Labute approximate surface area is 206 Å². The molecule has 35 heavy (non-hydrogen) atoms. The third-order valence-electron chi connectivity index (χ3n) is 6.80. The summed E-state index contributed by atoms with van der Waals surface area (Å²) in [6.07, 6.45) is 9.56. The summed E-state index contributed by atoms with van der Waals surface area (Å²) in [5.41, 5.74) is 3.02. The second-order valence-electron chi connectivity index (χ2n) is 9.28. The zero-order valence-electron chi connectivity index (χ0n) is 20.1. The molecular weight excluding hydrogens is 445 g/mol. The van der Waals surface area contributed by atoms with Gasteiger partial charge in [0.15, 0.2) is 11.6 Å². The van der Waals surface area contributed by atoms with Gasteiger partial charge in [0.2, 0.25) is 0 Å². The second kappa shape index (κ2) is 11.4. The van der Waals surface area contributed by atoms with Gasteiger partial charge in [-0.2, -0.15) is 0 Å². The molecule has 0 aromatic heterocycles. The highest BCUT2D eigenvalue weighted by atomic mass is 19.2. The Hall–Kier alpha value is -3.27. The molecule has 1 fully saturated rings.